The van der Waals surface area contributed by atoms with E-state index in [2.05, 4.69) is 22.3 Å². The van der Waals surface area contributed by atoms with Crippen LogP contribution >= 0.6 is 11.8 Å². The average Bonchev–Trinajstić information content (AvgIpc) is 3.16. The lowest BCUT2D eigenvalue weighted by molar-refractivity contribution is 0.375. The molecule has 0 radical (unpaired) electrons. The van der Waals surface area contributed by atoms with Crippen LogP contribution in [0.3, 0.4) is 0 Å². The van der Waals surface area contributed by atoms with Gasteiger partial charge >= 0.3 is 0 Å². The predicted molar refractivity (Wildman–Crippen MR) is 70.2 cm³/mol. The van der Waals surface area contributed by atoms with Crippen LogP contribution in [0.4, 0.5) is 0 Å². The molecule has 0 saturated heterocycles. The number of thioether (sulfide) groups is 1. The number of aromatic nitrogens is 2. The van der Waals surface area contributed by atoms with Crippen molar-refractivity contribution in [3.8, 4) is 0 Å². The zero-order valence-corrected chi connectivity index (χ0v) is 10.8. The lowest BCUT2D eigenvalue weighted by Gasteiger charge is -2.00. The van der Waals surface area contributed by atoms with Crippen molar-refractivity contribution < 1.29 is 4.52 Å². The Morgan fingerprint density at radius 1 is 1.28 bits per heavy atom. The minimum absolute atomic E-state index is 0.528. The maximum absolute atomic E-state index is 5.56. The van der Waals surface area contributed by atoms with E-state index in [4.69, 9.17) is 10.3 Å². The number of benzene rings is 1. The van der Waals surface area contributed by atoms with E-state index < -0.39 is 0 Å². The minimum Gasteiger partial charge on any atom is -0.339 e. The van der Waals surface area contributed by atoms with Crippen molar-refractivity contribution in [1.29, 1.82) is 0 Å². The average molecular weight is 261 g/mol. The van der Waals surface area contributed by atoms with Gasteiger partial charge in [0.1, 0.15) is 0 Å². The first-order valence-corrected chi connectivity index (χ1v) is 7.08. The molecule has 1 aromatic heterocycles. The fourth-order valence-electron chi connectivity index (χ4n) is 1.69. The van der Waals surface area contributed by atoms with Crippen molar-refractivity contribution in [1.82, 2.24) is 10.1 Å². The lowest BCUT2D eigenvalue weighted by Crippen LogP contribution is -1.95. The summed E-state index contributed by atoms with van der Waals surface area (Å²) >= 11 is 1.71. The largest absolute Gasteiger partial charge is 0.339 e. The third kappa shape index (κ3) is 2.73. The second-order valence-electron chi connectivity index (χ2n) is 4.46. The summed E-state index contributed by atoms with van der Waals surface area (Å²) < 4.78 is 5.22. The molecular weight excluding hydrogens is 246 g/mol. The third-order valence-corrected chi connectivity index (χ3v) is 3.95. The Morgan fingerprint density at radius 2 is 2.06 bits per heavy atom. The van der Waals surface area contributed by atoms with Crippen molar-refractivity contribution in [2.45, 2.75) is 36.0 Å². The molecule has 4 nitrogen and oxygen atoms in total. The highest BCUT2D eigenvalue weighted by Gasteiger charge is 2.29. The van der Waals surface area contributed by atoms with E-state index in [1.54, 1.807) is 11.8 Å². The number of rotatable bonds is 5. The van der Waals surface area contributed by atoms with E-state index in [1.807, 2.05) is 12.1 Å². The van der Waals surface area contributed by atoms with E-state index in [-0.39, 0.29) is 0 Å². The fourth-order valence-corrected chi connectivity index (χ4v) is 2.43. The van der Waals surface area contributed by atoms with Gasteiger partial charge in [-0.05, 0) is 30.5 Å². The van der Waals surface area contributed by atoms with Crippen LogP contribution < -0.4 is 5.73 Å². The molecule has 0 unspecified atom stereocenters. The first-order valence-electron chi connectivity index (χ1n) is 6.09. The Kier molecular flexibility index (Phi) is 3.34. The lowest BCUT2D eigenvalue weighted by atomic mass is 10.2. The van der Waals surface area contributed by atoms with Crippen LogP contribution in [0.15, 0.2) is 33.7 Å². The van der Waals surface area contributed by atoms with Gasteiger partial charge in [-0.15, -0.1) is 11.8 Å². The first-order chi connectivity index (χ1) is 8.85. The second kappa shape index (κ2) is 5.12. The normalized spacial score (nSPS) is 14.9. The molecule has 5 heteroatoms. The van der Waals surface area contributed by atoms with Gasteiger partial charge in [0.05, 0.1) is 5.75 Å². The Labute approximate surface area is 110 Å². The summed E-state index contributed by atoms with van der Waals surface area (Å²) in [5, 5.41) is 4.00. The number of nitrogens with zero attached hydrogens (tertiary/aromatic N) is 2. The molecule has 94 valence electrons. The minimum atomic E-state index is 0.528. The van der Waals surface area contributed by atoms with Crippen LogP contribution in [0.2, 0.25) is 0 Å². The summed E-state index contributed by atoms with van der Waals surface area (Å²) in [6, 6.07) is 8.26. The molecule has 1 heterocycles. The molecule has 1 saturated carbocycles. The Hall–Kier alpha value is -1.33. The Balaban J connectivity index is 1.58. The van der Waals surface area contributed by atoms with Gasteiger partial charge < -0.3 is 10.3 Å². The first kappa shape index (κ1) is 11.7. The van der Waals surface area contributed by atoms with Crippen molar-refractivity contribution >= 4 is 11.8 Å². The monoisotopic (exact) mass is 261 g/mol. The Morgan fingerprint density at radius 3 is 2.72 bits per heavy atom. The highest BCUT2D eigenvalue weighted by Crippen LogP contribution is 2.39. The van der Waals surface area contributed by atoms with Crippen LogP contribution in [0, 0.1) is 0 Å². The van der Waals surface area contributed by atoms with E-state index in [0.717, 1.165) is 23.0 Å². The molecule has 2 aromatic rings. The van der Waals surface area contributed by atoms with Gasteiger partial charge in [-0.1, -0.05) is 17.3 Å². The molecule has 1 aliphatic rings. The molecular formula is C13H15N3OS. The molecule has 1 aromatic carbocycles. The number of hydrogen-bond donors (Lipinski definition) is 1. The standard InChI is InChI=1S/C13H15N3OS/c14-7-9-1-5-11(6-2-9)18-8-12-15-13(17-16-12)10-3-4-10/h1-2,5-6,10H,3-4,7-8,14H2. The van der Waals surface area contributed by atoms with Gasteiger partial charge in [0.2, 0.25) is 5.89 Å². The molecule has 0 aliphatic heterocycles. The smallest absolute Gasteiger partial charge is 0.229 e. The molecule has 0 amide bonds. The molecule has 3 rings (SSSR count). The van der Waals surface area contributed by atoms with Gasteiger partial charge in [0, 0.05) is 17.4 Å². The number of nitrogens with two attached hydrogens (primary N) is 1. The predicted octanol–water partition coefficient (Wildman–Crippen LogP) is 2.70. The molecule has 0 bridgehead atoms. The van der Waals surface area contributed by atoms with Crippen LogP contribution in [-0.4, -0.2) is 10.1 Å². The van der Waals surface area contributed by atoms with Gasteiger partial charge in [-0.3, -0.25) is 0 Å². The van der Waals surface area contributed by atoms with Crippen molar-refractivity contribution in [3.63, 3.8) is 0 Å². The summed E-state index contributed by atoms with van der Waals surface area (Å²) in [7, 11) is 0. The zero-order chi connectivity index (χ0) is 12.4. The van der Waals surface area contributed by atoms with Crippen LogP contribution in [-0.2, 0) is 12.3 Å². The molecule has 0 atom stereocenters. The van der Waals surface area contributed by atoms with Gasteiger partial charge in [-0.2, -0.15) is 4.98 Å². The Bertz CT molecular complexity index is 519. The quantitative estimate of drug-likeness (QED) is 0.838. The summed E-state index contributed by atoms with van der Waals surface area (Å²) in [5.41, 5.74) is 6.71. The third-order valence-electron chi connectivity index (χ3n) is 2.94. The van der Waals surface area contributed by atoms with Gasteiger partial charge in [-0.25, -0.2) is 0 Å². The molecule has 1 fully saturated rings. The maximum atomic E-state index is 5.56. The summed E-state index contributed by atoms with van der Waals surface area (Å²) in [5.74, 6) is 2.87. The van der Waals surface area contributed by atoms with Crippen molar-refractivity contribution in [3.05, 3.63) is 41.5 Å². The maximum Gasteiger partial charge on any atom is 0.229 e. The van der Waals surface area contributed by atoms with E-state index in [1.165, 1.54) is 17.7 Å². The number of hydrogen-bond acceptors (Lipinski definition) is 5. The van der Waals surface area contributed by atoms with E-state index in [9.17, 15) is 0 Å². The fraction of sp³-hybridized carbons (Fsp3) is 0.385. The SMILES string of the molecule is NCc1ccc(SCc2noc(C3CC3)n2)cc1. The van der Waals surface area contributed by atoms with Crippen LogP contribution in [0.1, 0.15) is 36.0 Å². The van der Waals surface area contributed by atoms with Crippen molar-refractivity contribution in [2.24, 2.45) is 5.73 Å². The van der Waals surface area contributed by atoms with Gasteiger partial charge in [0.15, 0.2) is 5.82 Å². The summed E-state index contributed by atoms with van der Waals surface area (Å²) in [6.45, 7) is 0.584. The van der Waals surface area contributed by atoms with Gasteiger partial charge in [0.25, 0.3) is 0 Å². The molecule has 1 aliphatic carbocycles. The van der Waals surface area contributed by atoms with Crippen molar-refractivity contribution in [2.75, 3.05) is 0 Å². The van der Waals surface area contributed by atoms with Crippen LogP contribution in [0.5, 0.6) is 0 Å². The summed E-state index contributed by atoms with van der Waals surface area (Å²) in [4.78, 5) is 5.60. The van der Waals surface area contributed by atoms with E-state index >= 15 is 0 Å². The van der Waals surface area contributed by atoms with E-state index in [0.29, 0.717) is 12.5 Å². The molecule has 2 N–H and O–H groups in total. The second-order valence-corrected chi connectivity index (χ2v) is 5.51. The molecule has 18 heavy (non-hydrogen) atoms. The van der Waals surface area contributed by atoms with Crippen LogP contribution in [0.25, 0.3) is 0 Å². The highest BCUT2D eigenvalue weighted by atomic mass is 32.2. The summed E-state index contributed by atoms with van der Waals surface area (Å²) in [6.07, 6.45) is 2.38. The zero-order valence-electron chi connectivity index (χ0n) is 10.0. The molecule has 0 spiro atoms. The topological polar surface area (TPSA) is 64.9 Å². The highest BCUT2D eigenvalue weighted by molar-refractivity contribution is 7.98.